The van der Waals surface area contributed by atoms with Crippen LogP contribution in [0, 0.1) is 10.1 Å². The minimum Gasteiger partial charge on any atom is -0.258 e. The molecule has 0 radical (unpaired) electrons. The van der Waals surface area contributed by atoms with Crippen molar-refractivity contribution < 1.29 is 4.92 Å². The fraction of sp³-hybridized carbons (Fsp3) is 0. The van der Waals surface area contributed by atoms with E-state index in [1.165, 1.54) is 0 Å². The van der Waals surface area contributed by atoms with Crippen LogP contribution in [0.5, 0.6) is 0 Å². The molecule has 0 saturated carbocycles. The first kappa shape index (κ1) is 13.1. The fourth-order valence-corrected chi connectivity index (χ4v) is 2.36. The molecule has 3 rings (SSSR count). The Morgan fingerprint density at radius 1 is 0.810 bits per heavy atom. The predicted octanol–water partition coefficient (Wildman–Crippen LogP) is 4.92. The number of hydrogen-bond donors (Lipinski definition) is 0. The lowest BCUT2D eigenvalue weighted by Crippen LogP contribution is -1.93. The summed E-state index contributed by atoms with van der Waals surface area (Å²) in [6.45, 7) is 0. The van der Waals surface area contributed by atoms with Gasteiger partial charge in [0.25, 0.3) is 5.69 Å². The van der Waals surface area contributed by atoms with E-state index < -0.39 is 0 Å². The van der Waals surface area contributed by atoms with Gasteiger partial charge in [0.1, 0.15) is 0 Å². The molecule has 0 bridgehead atoms. The number of rotatable bonds is 3. The molecule has 0 amide bonds. The molecule has 3 heteroatoms. The maximum atomic E-state index is 11.4. The second kappa shape index (κ2) is 5.59. The molecule has 0 fully saturated rings. The van der Waals surface area contributed by atoms with Crippen LogP contribution in [0.3, 0.4) is 0 Å². The number of nitro groups is 1. The van der Waals surface area contributed by atoms with Crippen molar-refractivity contribution in [1.29, 1.82) is 0 Å². The Morgan fingerprint density at radius 2 is 1.52 bits per heavy atom. The summed E-state index contributed by atoms with van der Waals surface area (Å²) in [5.74, 6) is 0. The van der Waals surface area contributed by atoms with E-state index in [2.05, 4.69) is 0 Å². The summed E-state index contributed by atoms with van der Waals surface area (Å²) in [5, 5.41) is 13.0. The van der Waals surface area contributed by atoms with E-state index in [1.807, 2.05) is 60.7 Å². The first-order valence-corrected chi connectivity index (χ1v) is 6.65. The molecule has 0 aromatic heterocycles. The van der Waals surface area contributed by atoms with Crippen LogP contribution in [0.4, 0.5) is 5.69 Å². The molecule has 0 heterocycles. The highest BCUT2D eigenvalue weighted by atomic mass is 16.6. The van der Waals surface area contributed by atoms with E-state index in [0.717, 1.165) is 10.9 Å². The molecule has 21 heavy (non-hydrogen) atoms. The lowest BCUT2D eigenvalue weighted by molar-refractivity contribution is -0.383. The Balaban J connectivity index is 2.12. The lowest BCUT2D eigenvalue weighted by atomic mass is 10.0. The molecule has 102 valence electrons. The summed E-state index contributed by atoms with van der Waals surface area (Å²) in [5.41, 5.74) is 1.78. The molecule has 0 spiro atoms. The zero-order chi connectivity index (χ0) is 14.7. The first-order chi connectivity index (χ1) is 10.3. The molecule has 3 aromatic rings. The van der Waals surface area contributed by atoms with Gasteiger partial charge >= 0.3 is 0 Å². The highest BCUT2D eigenvalue weighted by Gasteiger charge is 2.15. The minimum absolute atomic E-state index is 0.153. The van der Waals surface area contributed by atoms with Crippen LogP contribution in [-0.4, -0.2) is 4.92 Å². The Hall–Kier alpha value is -2.94. The van der Waals surface area contributed by atoms with E-state index in [0.29, 0.717) is 10.9 Å². The van der Waals surface area contributed by atoms with Gasteiger partial charge < -0.3 is 0 Å². The molecule has 0 aliphatic heterocycles. The predicted molar refractivity (Wildman–Crippen MR) is 86.0 cm³/mol. The van der Waals surface area contributed by atoms with Crippen LogP contribution in [0.1, 0.15) is 11.1 Å². The molecule has 0 aliphatic carbocycles. The van der Waals surface area contributed by atoms with Crippen molar-refractivity contribution in [2.24, 2.45) is 0 Å². The minimum atomic E-state index is -0.312. The van der Waals surface area contributed by atoms with Gasteiger partial charge in [0.15, 0.2) is 0 Å². The van der Waals surface area contributed by atoms with Gasteiger partial charge in [-0.25, -0.2) is 0 Å². The SMILES string of the molecule is O=[N+]([O-])c1c(C=Cc2ccccc2)ccc2ccccc12. The molecule has 0 N–H and O–H groups in total. The second-order valence-electron chi connectivity index (χ2n) is 4.73. The van der Waals surface area contributed by atoms with Crippen LogP contribution in [0.2, 0.25) is 0 Å². The van der Waals surface area contributed by atoms with E-state index >= 15 is 0 Å². The van der Waals surface area contributed by atoms with Gasteiger partial charge in [0.2, 0.25) is 0 Å². The maximum absolute atomic E-state index is 11.4. The topological polar surface area (TPSA) is 43.1 Å². The van der Waals surface area contributed by atoms with Crippen LogP contribution < -0.4 is 0 Å². The average molecular weight is 275 g/mol. The standard InChI is InChI=1S/C18H13NO2/c20-19(21)18-16(11-10-14-6-2-1-3-7-14)13-12-15-8-4-5-9-17(15)18/h1-13H. The molecular weight excluding hydrogens is 262 g/mol. The third-order valence-electron chi connectivity index (χ3n) is 3.37. The van der Waals surface area contributed by atoms with Gasteiger partial charge in [-0.1, -0.05) is 60.7 Å². The van der Waals surface area contributed by atoms with Crippen LogP contribution in [0.15, 0.2) is 66.7 Å². The Morgan fingerprint density at radius 3 is 2.29 bits per heavy atom. The molecule has 0 aliphatic rings. The van der Waals surface area contributed by atoms with Gasteiger partial charge in [-0.05, 0) is 29.2 Å². The zero-order valence-electron chi connectivity index (χ0n) is 11.3. The monoisotopic (exact) mass is 275 g/mol. The Kier molecular flexibility index (Phi) is 3.48. The third-order valence-corrected chi connectivity index (χ3v) is 3.37. The molecule has 0 saturated heterocycles. The third kappa shape index (κ3) is 2.67. The van der Waals surface area contributed by atoms with Gasteiger partial charge in [0.05, 0.1) is 15.9 Å². The highest BCUT2D eigenvalue weighted by Crippen LogP contribution is 2.30. The van der Waals surface area contributed by atoms with Crippen molar-refractivity contribution in [2.45, 2.75) is 0 Å². The van der Waals surface area contributed by atoms with Crippen molar-refractivity contribution in [3.63, 3.8) is 0 Å². The van der Waals surface area contributed by atoms with Crippen LogP contribution in [0.25, 0.3) is 22.9 Å². The molecule has 3 aromatic carbocycles. The van der Waals surface area contributed by atoms with E-state index in [1.54, 1.807) is 18.2 Å². The normalized spacial score (nSPS) is 11.0. The lowest BCUT2D eigenvalue weighted by Gasteiger charge is -2.03. The Bertz CT molecular complexity index is 823. The van der Waals surface area contributed by atoms with Gasteiger partial charge in [-0.3, -0.25) is 10.1 Å². The van der Waals surface area contributed by atoms with E-state index in [9.17, 15) is 10.1 Å². The number of hydrogen-bond acceptors (Lipinski definition) is 2. The first-order valence-electron chi connectivity index (χ1n) is 6.65. The molecule has 0 unspecified atom stereocenters. The molecular formula is C18H13NO2. The van der Waals surface area contributed by atoms with E-state index in [-0.39, 0.29) is 10.6 Å². The van der Waals surface area contributed by atoms with Crippen LogP contribution in [-0.2, 0) is 0 Å². The summed E-state index contributed by atoms with van der Waals surface area (Å²) < 4.78 is 0. The number of nitro benzene ring substituents is 1. The van der Waals surface area contributed by atoms with Crippen molar-refractivity contribution in [3.05, 3.63) is 88.0 Å². The Labute approximate surface area is 122 Å². The summed E-state index contributed by atoms with van der Waals surface area (Å²) in [6, 6.07) is 20.8. The number of nitrogens with zero attached hydrogens (tertiary/aromatic N) is 1. The zero-order valence-corrected chi connectivity index (χ0v) is 11.3. The highest BCUT2D eigenvalue weighted by molar-refractivity contribution is 5.95. The summed E-state index contributed by atoms with van der Waals surface area (Å²) >= 11 is 0. The van der Waals surface area contributed by atoms with Gasteiger partial charge in [-0.15, -0.1) is 0 Å². The summed E-state index contributed by atoms with van der Waals surface area (Å²) in [4.78, 5) is 11.1. The summed E-state index contributed by atoms with van der Waals surface area (Å²) in [6.07, 6.45) is 3.68. The summed E-state index contributed by atoms with van der Waals surface area (Å²) in [7, 11) is 0. The number of benzene rings is 3. The maximum Gasteiger partial charge on any atom is 0.284 e. The quantitative estimate of drug-likeness (QED) is 0.387. The smallest absolute Gasteiger partial charge is 0.258 e. The van der Waals surface area contributed by atoms with Crippen molar-refractivity contribution in [2.75, 3.05) is 0 Å². The van der Waals surface area contributed by atoms with Gasteiger partial charge in [-0.2, -0.15) is 0 Å². The van der Waals surface area contributed by atoms with Crippen molar-refractivity contribution in [3.8, 4) is 0 Å². The van der Waals surface area contributed by atoms with Crippen molar-refractivity contribution >= 4 is 28.6 Å². The van der Waals surface area contributed by atoms with Crippen LogP contribution >= 0.6 is 0 Å². The molecule has 3 nitrogen and oxygen atoms in total. The number of fused-ring (bicyclic) bond motifs is 1. The van der Waals surface area contributed by atoms with E-state index in [4.69, 9.17) is 0 Å². The second-order valence-corrected chi connectivity index (χ2v) is 4.73. The molecule has 0 atom stereocenters. The van der Waals surface area contributed by atoms with Crippen molar-refractivity contribution in [1.82, 2.24) is 0 Å². The average Bonchev–Trinajstić information content (AvgIpc) is 2.53. The largest absolute Gasteiger partial charge is 0.284 e. The van der Waals surface area contributed by atoms with Gasteiger partial charge in [0, 0.05) is 0 Å². The fourth-order valence-electron chi connectivity index (χ4n) is 2.36.